The maximum Gasteiger partial charge on any atom is 0.329 e. The number of ether oxygens (including phenoxy) is 3. The first kappa shape index (κ1) is 21.2. The fourth-order valence-electron chi connectivity index (χ4n) is 3.44. The van der Waals surface area contributed by atoms with Crippen LogP contribution in [0.5, 0.6) is 5.75 Å². The van der Waals surface area contributed by atoms with Crippen molar-refractivity contribution in [3.8, 4) is 5.75 Å². The Hall–Kier alpha value is -3.56. The molecule has 1 aromatic carbocycles. The number of fused-ring (bicyclic) bond motifs is 1. The summed E-state index contributed by atoms with van der Waals surface area (Å²) in [6.07, 6.45) is 1.84. The minimum absolute atomic E-state index is 0.330. The lowest BCUT2D eigenvalue weighted by Gasteiger charge is -2.36. The molecule has 2 heterocycles. The fourth-order valence-corrected chi connectivity index (χ4v) is 3.44. The van der Waals surface area contributed by atoms with Crippen LogP contribution in [0.4, 0.5) is 4.79 Å². The molecule has 1 aliphatic heterocycles. The molecule has 2 atom stereocenters. The van der Waals surface area contributed by atoms with Gasteiger partial charge in [-0.2, -0.15) is 0 Å². The zero-order valence-corrected chi connectivity index (χ0v) is 17.0. The molecule has 0 aliphatic carbocycles. The molecular weight excluding hydrogens is 392 g/mol. The van der Waals surface area contributed by atoms with Gasteiger partial charge >= 0.3 is 18.0 Å². The van der Waals surface area contributed by atoms with E-state index in [0.717, 1.165) is 17.0 Å². The average Bonchev–Trinajstić information content (AvgIpc) is 3.26. The monoisotopic (exact) mass is 416 g/mol. The molecule has 2 unspecified atom stereocenters. The van der Waals surface area contributed by atoms with E-state index in [-0.39, 0.29) is 6.42 Å². The lowest BCUT2D eigenvalue weighted by Crippen LogP contribution is -2.52. The maximum absolute atomic E-state index is 13.1. The molecule has 0 spiro atoms. The average molecular weight is 416 g/mol. The highest BCUT2D eigenvalue weighted by molar-refractivity contribution is 5.87. The van der Waals surface area contributed by atoms with Gasteiger partial charge in [0.25, 0.3) is 0 Å². The van der Waals surface area contributed by atoms with Crippen LogP contribution >= 0.6 is 0 Å². The molecule has 1 aliphatic rings. The summed E-state index contributed by atoms with van der Waals surface area (Å²) in [5.74, 6) is -0.672. The van der Waals surface area contributed by atoms with E-state index in [1.807, 2.05) is 12.1 Å². The summed E-state index contributed by atoms with van der Waals surface area (Å²) in [6.45, 7) is 0.393. The molecule has 2 amide bonds. The molecule has 2 aromatic rings. The maximum atomic E-state index is 13.1. The zero-order chi connectivity index (χ0) is 21.7. The Labute approximate surface area is 173 Å². The number of carbonyl (C=O) groups is 3. The Morgan fingerprint density at radius 1 is 1.20 bits per heavy atom. The van der Waals surface area contributed by atoms with Crippen LogP contribution in [-0.4, -0.2) is 66.8 Å². The van der Waals surface area contributed by atoms with E-state index in [4.69, 9.17) is 9.47 Å². The van der Waals surface area contributed by atoms with Gasteiger partial charge in [0.2, 0.25) is 0 Å². The number of esters is 2. The van der Waals surface area contributed by atoms with E-state index in [1.165, 1.54) is 14.2 Å². The first-order chi connectivity index (χ1) is 14.5. The van der Waals surface area contributed by atoms with Crippen molar-refractivity contribution in [2.75, 3.05) is 27.9 Å². The molecule has 0 bridgehead atoms. The van der Waals surface area contributed by atoms with Gasteiger partial charge in [-0.05, 0) is 17.7 Å². The minimum atomic E-state index is -1.16. The topological polar surface area (TPSA) is 123 Å². The zero-order valence-electron chi connectivity index (χ0n) is 17.0. The Bertz CT molecular complexity index is 910. The number of aromatic amines is 1. The van der Waals surface area contributed by atoms with Crippen LogP contribution in [0.15, 0.2) is 30.6 Å². The van der Waals surface area contributed by atoms with E-state index in [0.29, 0.717) is 18.7 Å². The van der Waals surface area contributed by atoms with Crippen LogP contribution in [0.1, 0.15) is 29.4 Å². The third-order valence-corrected chi connectivity index (χ3v) is 5.00. The van der Waals surface area contributed by atoms with Gasteiger partial charge in [-0.3, -0.25) is 4.79 Å². The van der Waals surface area contributed by atoms with Crippen molar-refractivity contribution < 1.29 is 28.6 Å². The number of aromatic nitrogens is 2. The summed E-state index contributed by atoms with van der Waals surface area (Å²) in [5.41, 5.74) is 2.50. The molecule has 0 fully saturated rings. The summed E-state index contributed by atoms with van der Waals surface area (Å²) >= 11 is 0. The molecule has 10 heteroatoms. The Balaban J connectivity index is 1.88. The van der Waals surface area contributed by atoms with Gasteiger partial charge in [0.05, 0.1) is 39.8 Å². The molecule has 30 heavy (non-hydrogen) atoms. The number of hydrogen-bond acceptors (Lipinski definition) is 7. The molecule has 160 valence electrons. The number of rotatable bonds is 6. The van der Waals surface area contributed by atoms with Crippen LogP contribution in [0.25, 0.3) is 0 Å². The second-order valence-corrected chi connectivity index (χ2v) is 6.69. The normalized spacial score (nSPS) is 16.2. The van der Waals surface area contributed by atoms with Gasteiger partial charge < -0.3 is 29.4 Å². The number of H-pyrrole nitrogens is 1. The fraction of sp³-hybridized carbons (Fsp3) is 0.400. The van der Waals surface area contributed by atoms with Crippen molar-refractivity contribution in [1.82, 2.24) is 20.2 Å². The second-order valence-electron chi connectivity index (χ2n) is 6.69. The van der Waals surface area contributed by atoms with Crippen LogP contribution in [0, 0.1) is 0 Å². The molecule has 3 rings (SSSR count). The number of carbonyl (C=O) groups excluding carboxylic acids is 3. The van der Waals surface area contributed by atoms with Crippen LogP contribution in [-0.2, 0) is 25.5 Å². The van der Waals surface area contributed by atoms with Gasteiger partial charge in [0, 0.05) is 18.7 Å². The number of benzene rings is 1. The highest BCUT2D eigenvalue weighted by Crippen LogP contribution is 2.34. The molecule has 1 aromatic heterocycles. The smallest absolute Gasteiger partial charge is 0.329 e. The predicted molar refractivity (Wildman–Crippen MR) is 105 cm³/mol. The van der Waals surface area contributed by atoms with E-state index in [2.05, 4.69) is 20.0 Å². The number of nitrogens with zero attached hydrogens (tertiary/aromatic N) is 2. The molecule has 0 radical (unpaired) electrons. The van der Waals surface area contributed by atoms with Gasteiger partial charge in [0.1, 0.15) is 17.8 Å². The van der Waals surface area contributed by atoms with E-state index in [1.54, 1.807) is 30.5 Å². The molecule has 10 nitrogen and oxygen atoms in total. The largest absolute Gasteiger partial charge is 0.497 e. The van der Waals surface area contributed by atoms with Crippen LogP contribution in [0.2, 0.25) is 0 Å². The summed E-state index contributed by atoms with van der Waals surface area (Å²) in [6, 6.07) is 5.19. The number of methoxy groups -OCH3 is 3. The SMILES string of the molecule is COC(=O)CC(NC(=O)N1CCc2[nH]cnc2C1c1ccc(OC)cc1)C(=O)OC. The summed E-state index contributed by atoms with van der Waals surface area (Å²) in [5, 5.41) is 2.60. The first-order valence-corrected chi connectivity index (χ1v) is 9.36. The molecule has 0 saturated carbocycles. The van der Waals surface area contributed by atoms with Gasteiger partial charge in [-0.15, -0.1) is 0 Å². The lowest BCUT2D eigenvalue weighted by molar-refractivity contribution is -0.149. The Morgan fingerprint density at radius 2 is 1.93 bits per heavy atom. The first-order valence-electron chi connectivity index (χ1n) is 9.36. The number of imidazole rings is 1. The highest BCUT2D eigenvalue weighted by atomic mass is 16.5. The molecule has 0 saturated heterocycles. The Kier molecular flexibility index (Phi) is 6.55. The standard InChI is InChI=1S/C20H24N4O6/c1-28-13-6-4-12(5-7-13)18-17-14(21-11-22-17)8-9-24(18)20(27)23-15(19(26)30-3)10-16(25)29-2/h4-7,11,15,18H,8-10H2,1-3H3,(H,21,22)(H,23,27). The summed E-state index contributed by atoms with van der Waals surface area (Å²) < 4.78 is 14.5. The van der Waals surface area contributed by atoms with E-state index in [9.17, 15) is 14.4 Å². The minimum Gasteiger partial charge on any atom is -0.497 e. The van der Waals surface area contributed by atoms with E-state index >= 15 is 0 Å². The van der Waals surface area contributed by atoms with E-state index < -0.39 is 30.1 Å². The number of amides is 2. The predicted octanol–water partition coefficient (Wildman–Crippen LogP) is 1.18. The van der Waals surface area contributed by atoms with Crippen LogP contribution < -0.4 is 10.1 Å². The van der Waals surface area contributed by atoms with Gasteiger partial charge in [0.15, 0.2) is 0 Å². The van der Waals surface area contributed by atoms with Crippen LogP contribution in [0.3, 0.4) is 0 Å². The lowest BCUT2D eigenvalue weighted by atomic mass is 9.96. The number of hydrogen-bond donors (Lipinski definition) is 2. The Morgan fingerprint density at radius 3 is 2.57 bits per heavy atom. The third kappa shape index (κ3) is 4.37. The van der Waals surface area contributed by atoms with Crippen molar-refractivity contribution in [3.63, 3.8) is 0 Å². The van der Waals surface area contributed by atoms with Crippen molar-refractivity contribution in [1.29, 1.82) is 0 Å². The summed E-state index contributed by atoms with van der Waals surface area (Å²) in [4.78, 5) is 46.0. The molecule has 2 N–H and O–H groups in total. The van der Waals surface area contributed by atoms with Crippen molar-refractivity contribution in [3.05, 3.63) is 47.5 Å². The van der Waals surface area contributed by atoms with Gasteiger partial charge in [-0.25, -0.2) is 14.6 Å². The van der Waals surface area contributed by atoms with Crippen molar-refractivity contribution in [2.24, 2.45) is 0 Å². The summed E-state index contributed by atoms with van der Waals surface area (Å²) in [7, 11) is 3.98. The highest BCUT2D eigenvalue weighted by Gasteiger charge is 2.36. The van der Waals surface area contributed by atoms with Crippen molar-refractivity contribution >= 4 is 18.0 Å². The quantitative estimate of drug-likeness (QED) is 0.678. The number of urea groups is 1. The van der Waals surface area contributed by atoms with Crippen molar-refractivity contribution in [2.45, 2.75) is 24.9 Å². The van der Waals surface area contributed by atoms with Gasteiger partial charge in [-0.1, -0.05) is 12.1 Å². The number of nitrogens with one attached hydrogen (secondary N) is 2. The second kappa shape index (κ2) is 9.29. The third-order valence-electron chi connectivity index (χ3n) is 5.00. The molecular formula is C20H24N4O6.